The maximum Gasteiger partial charge on any atom is 0.317 e. The van der Waals surface area contributed by atoms with Crippen LogP contribution in [0.25, 0.3) is 0 Å². The molecule has 0 aliphatic rings. The van der Waals surface area contributed by atoms with Crippen LogP contribution < -0.4 is 5.32 Å². The fraction of sp³-hybridized carbons (Fsp3) is 0.259. The highest BCUT2D eigenvalue weighted by molar-refractivity contribution is 9.13. The summed E-state index contributed by atoms with van der Waals surface area (Å²) >= 11 is 16.4. The highest BCUT2D eigenvalue weighted by Crippen LogP contribution is 2.45. The number of urea groups is 1. The van der Waals surface area contributed by atoms with Crippen molar-refractivity contribution in [3.63, 3.8) is 0 Å². The Morgan fingerprint density at radius 1 is 0.744 bits per heavy atom. The van der Waals surface area contributed by atoms with E-state index in [1.807, 2.05) is 0 Å². The lowest BCUT2D eigenvalue weighted by Gasteiger charge is -2.26. The number of nitrogens with zero attached hydrogens (tertiary/aromatic N) is 1. The molecule has 0 bridgehead atoms. The summed E-state index contributed by atoms with van der Waals surface area (Å²) in [5, 5.41) is 63.9. The van der Waals surface area contributed by atoms with Gasteiger partial charge in [0.15, 0.2) is 34.5 Å². The van der Waals surface area contributed by atoms with Crippen molar-refractivity contribution >= 4 is 91.7 Å². The summed E-state index contributed by atoms with van der Waals surface area (Å²) in [6.45, 7) is -0.0333. The van der Waals surface area contributed by atoms with Crippen molar-refractivity contribution in [2.24, 2.45) is 0 Å². The number of phenolic OH excluding ortho intramolecular Hbond substituents is 6. The molecule has 3 rings (SSSR count). The first-order chi connectivity index (χ1) is 20.2. The number of carbonyl (C=O) groups excluding carboxylic acids is 2. The molecule has 2 amide bonds. The van der Waals surface area contributed by atoms with Crippen molar-refractivity contribution in [3.8, 4) is 34.5 Å². The molecule has 11 nitrogen and oxygen atoms in total. The van der Waals surface area contributed by atoms with Crippen LogP contribution in [0.3, 0.4) is 0 Å². The molecule has 0 aliphatic carbocycles. The number of aromatic hydroxyl groups is 6. The topological polar surface area (TPSA) is 180 Å². The van der Waals surface area contributed by atoms with Crippen molar-refractivity contribution in [1.82, 2.24) is 10.2 Å². The molecule has 0 saturated heterocycles. The molecule has 16 heteroatoms. The lowest BCUT2D eigenvalue weighted by atomic mass is 9.98. The minimum absolute atomic E-state index is 0.0374. The van der Waals surface area contributed by atoms with Crippen LogP contribution in [0.4, 0.5) is 4.79 Å². The molecule has 0 unspecified atom stereocenters. The van der Waals surface area contributed by atoms with E-state index in [1.165, 1.54) is 30.2 Å². The maximum absolute atomic E-state index is 13.5. The van der Waals surface area contributed by atoms with Gasteiger partial charge < -0.3 is 45.6 Å². The van der Waals surface area contributed by atoms with Gasteiger partial charge in [0.2, 0.25) is 0 Å². The van der Waals surface area contributed by atoms with E-state index >= 15 is 0 Å². The molecule has 0 aromatic heterocycles. The van der Waals surface area contributed by atoms with Crippen LogP contribution >= 0.6 is 79.6 Å². The first kappa shape index (κ1) is 35.1. The van der Waals surface area contributed by atoms with E-state index in [-0.39, 0.29) is 75.3 Å². The number of phenols is 6. The number of rotatable bonds is 10. The largest absolute Gasteiger partial charge is 0.504 e. The Bertz CT molecular complexity index is 1570. The molecule has 0 aliphatic heterocycles. The van der Waals surface area contributed by atoms with Crippen LogP contribution in [0, 0.1) is 0 Å². The molecule has 3 aromatic rings. The number of nitrogens with one attached hydrogen (secondary N) is 1. The molecule has 0 spiro atoms. The summed E-state index contributed by atoms with van der Waals surface area (Å²) < 4.78 is 6.14. The Balaban J connectivity index is 1.98. The molecular weight excluding hydrogens is 896 g/mol. The van der Waals surface area contributed by atoms with Gasteiger partial charge in [-0.25, -0.2) is 4.79 Å². The van der Waals surface area contributed by atoms with Crippen LogP contribution in [0.5, 0.6) is 34.5 Å². The van der Waals surface area contributed by atoms with E-state index < -0.39 is 23.5 Å². The van der Waals surface area contributed by atoms with Gasteiger partial charge in [-0.05, 0) is 127 Å². The van der Waals surface area contributed by atoms with Gasteiger partial charge in [-0.1, -0.05) is 0 Å². The van der Waals surface area contributed by atoms with Gasteiger partial charge in [0.1, 0.15) is 0 Å². The average Bonchev–Trinajstić information content (AvgIpc) is 2.98. The van der Waals surface area contributed by atoms with Crippen LogP contribution in [0.15, 0.2) is 40.6 Å². The van der Waals surface area contributed by atoms with Gasteiger partial charge in [-0.15, -0.1) is 0 Å². The van der Waals surface area contributed by atoms with Crippen molar-refractivity contribution in [3.05, 3.63) is 62.8 Å². The number of halogens is 5. The number of hydrogen-bond acceptors (Lipinski definition) is 9. The summed E-state index contributed by atoms with van der Waals surface area (Å²) in [5.74, 6) is -2.82. The lowest BCUT2D eigenvalue weighted by molar-refractivity contribution is -0.140. The van der Waals surface area contributed by atoms with Gasteiger partial charge in [0.25, 0.3) is 0 Å². The molecule has 0 atom stereocenters. The van der Waals surface area contributed by atoms with E-state index in [0.29, 0.717) is 31.2 Å². The van der Waals surface area contributed by atoms with Crippen LogP contribution in [-0.2, 0) is 29.0 Å². The Kier molecular flexibility index (Phi) is 12.3. The monoisotopic (exact) mass is 916 g/mol. The quantitative estimate of drug-likeness (QED) is 0.0834. The van der Waals surface area contributed by atoms with Crippen molar-refractivity contribution in [2.75, 3.05) is 13.7 Å². The van der Waals surface area contributed by atoms with Crippen molar-refractivity contribution in [2.45, 2.75) is 32.4 Å². The maximum atomic E-state index is 13.5. The number of amides is 2. The second-order valence-corrected chi connectivity index (χ2v) is 13.2. The van der Waals surface area contributed by atoms with Crippen LogP contribution in [-0.4, -0.2) is 61.2 Å². The normalized spacial score (nSPS) is 10.9. The van der Waals surface area contributed by atoms with Crippen LogP contribution in [0.1, 0.15) is 35.1 Å². The first-order valence-electron chi connectivity index (χ1n) is 12.3. The number of carbonyl (C=O) groups is 2. The molecule has 0 saturated carbocycles. The molecule has 0 radical (unpaired) electrons. The zero-order chi connectivity index (χ0) is 32.2. The number of esters is 1. The Hall–Kier alpha value is -2.40. The minimum Gasteiger partial charge on any atom is -0.504 e. The average molecular weight is 921 g/mol. The van der Waals surface area contributed by atoms with Gasteiger partial charge in [0, 0.05) is 41.4 Å². The zero-order valence-electron chi connectivity index (χ0n) is 22.2. The SMILES string of the molecule is COC(=O)CCCN(Cc1cc(O)c(O)c(Br)c1Cc1cc(O)c(O)c(Br)c1Br)C(=O)NCc1cc(O)c(O)c(Br)c1Br. The highest BCUT2D eigenvalue weighted by atomic mass is 79.9. The fourth-order valence-electron chi connectivity index (χ4n) is 4.06. The summed E-state index contributed by atoms with van der Waals surface area (Å²) in [6.07, 6.45) is 0.373. The Labute approximate surface area is 288 Å². The van der Waals surface area contributed by atoms with Crippen molar-refractivity contribution in [1.29, 1.82) is 0 Å². The van der Waals surface area contributed by atoms with Crippen LogP contribution in [0.2, 0.25) is 0 Å². The van der Waals surface area contributed by atoms with E-state index in [4.69, 9.17) is 4.74 Å². The van der Waals surface area contributed by atoms with Gasteiger partial charge in [-0.2, -0.15) is 0 Å². The molecule has 0 fully saturated rings. The predicted octanol–water partition coefficient (Wildman–Crippen LogP) is 6.99. The summed E-state index contributed by atoms with van der Waals surface area (Å²) in [6, 6.07) is 3.39. The molecule has 43 heavy (non-hydrogen) atoms. The third-order valence-electron chi connectivity index (χ3n) is 6.37. The summed E-state index contributed by atoms with van der Waals surface area (Å²) in [7, 11) is 1.26. The molecule has 0 heterocycles. The lowest BCUT2D eigenvalue weighted by Crippen LogP contribution is -2.40. The third-order valence-corrected chi connectivity index (χ3v) is 11.6. The first-order valence-corrected chi connectivity index (χ1v) is 16.2. The van der Waals surface area contributed by atoms with Crippen molar-refractivity contribution < 1.29 is 45.0 Å². The number of ether oxygens (including phenoxy) is 1. The second-order valence-electron chi connectivity index (χ2n) is 9.20. The standard InChI is InChI=1S/C27H25Br5N2O9/c1-43-18(38)3-2-4-34(27(42)33-9-12-7-16(36)26(41)23(32)20(12)29)10-13-8-17(37)24(39)21(30)14(13)5-11-6-15(35)25(40)22(31)19(11)28/h6-8,35-37,39-41H,2-5,9-10H2,1H3,(H,33,42). The molecule has 3 aromatic carbocycles. The van der Waals surface area contributed by atoms with E-state index in [0.717, 1.165) is 0 Å². The molecule has 232 valence electrons. The number of benzene rings is 3. The molecule has 7 N–H and O–H groups in total. The minimum atomic E-state index is -0.554. The fourth-order valence-corrected chi connectivity index (χ4v) is 6.46. The number of hydrogen-bond donors (Lipinski definition) is 7. The predicted molar refractivity (Wildman–Crippen MR) is 175 cm³/mol. The number of methoxy groups -OCH3 is 1. The Morgan fingerprint density at radius 3 is 1.79 bits per heavy atom. The zero-order valence-corrected chi connectivity index (χ0v) is 30.1. The smallest absolute Gasteiger partial charge is 0.317 e. The van der Waals surface area contributed by atoms with Gasteiger partial charge in [-0.3, -0.25) is 4.79 Å². The second kappa shape index (κ2) is 15.1. The van der Waals surface area contributed by atoms with E-state index in [9.17, 15) is 40.2 Å². The van der Waals surface area contributed by atoms with Gasteiger partial charge >= 0.3 is 12.0 Å². The summed E-state index contributed by atoms with van der Waals surface area (Å²) in [5.41, 5.74) is 1.86. The van der Waals surface area contributed by atoms with E-state index in [2.05, 4.69) is 85.0 Å². The Morgan fingerprint density at radius 2 is 1.23 bits per heavy atom. The molecular formula is C27H25Br5N2O9. The third kappa shape index (κ3) is 8.21. The summed E-state index contributed by atoms with van der Waals surface area (Å²) in [4.78, 5) is 26.6. The van der Waals surface area contributed by atoms with E-state index in [1.54, 1.807) is 0 Å². The van der Waals surface area contributed by atoms with Gasteiger partial charge in [0.05, 0.1) is 20.5 Å². The highest BCUT2D eigenvalue weighted by Gasteiger charge is 2.24.